The highest BCUT2D eigenvalue weighted by Gasteiger charge is 2.30. The van der Waals surface area contributed by atoms with Crippen molar-refractivity contribution in [2.75, 3.05) is 6.54 Å². The standard InChI is InChI=1S/C16H19BrF3NO2/c1-15(2,3)23-14(22)21-9-5-4-6-11-7-8-12(10-13(11)17)16(18,19)20/h4,6-8,10H,5,9H2,1-3H3,(H,21,22). The van der Waals surface area contributed by atoms with Crippen LogP contribution >= 0.6 is 15.9 Å². The fourth-order valence-corrected chi connectivity index (χ4v) is 2.13. The third-order valence-corrected chi connectivity index (χ3v) is 3.29. The average molecular weight is 394 g/mol. The molecule has 128 valence electrons. The van der Waals surface area contributed by atoms with Crippen LogP contribution in [0.3, 0.4) is 0 Å². The van der Waals surface area contributed by atoms with Crippen molar-refractivity contribution >= 4 is 28.1 Å². The molecule has 0 fully saturated rings. The van der Waals surface area contributed by atoms with Crippen LogP contribution in [-0.4, -0.2) is 18.2 Å². The molecular formula is C16H19BrF3NO2. The summed E-state index contributed by atoms with van der Waals surface area (Å²) in [5.41, 5.74) is -0.617. The van der Waals surface area contributed by atoms with Crippen LogP contribution in [0.2, 0.25) is 0 Å². The summed E-state index contributed by atoms with van der Waals surface area (Å²) < 4.78 is 43.1. The smallest absolute Gasteiger partial charge is 0.416 e. The van der Waals surface area contributed by atoms with E-state index in [0.717, 1.165) is 12.1 Å². The molecule has 7 heteroatoms. The summed E-state index contributed by atoms with van der Waals surface area (Å²) in [6.07, 6.45) is -0.859. The van der Waals surface area contributed by atoms with Crippen molar-refractivity contribution in [2.45, 2.75) is 39.0 Å². The van der Waals surface area contributed by atoms with Crippen LogP contribution in [-0.2, 0) is 10.9 Å². The molecule has 0 atom stereocenters. The fraction of sp³-hybridized carbons (Fsp3) is 0.438. The molecule has 0 aliphatic rings. The van der Waals surface area contributed by atoms with Crippen LogP contribution in [0, 0.1) is 0 Å². The minimum Gasteiger partial charge on any atom is -0.444 e. The number of amides is 1. The van der Waals surface area contributed by atoms with E-state index in [1.54, 1.807) is 32.9 Å². The van der Waals surface area contributed by atoms with Crippen molar-refractivity contribution in [3.8, 4) is 0 Å². The highest BCUT2D eigenvalue weighted by molar-refractivity contribution is 9.10. The van der Waals surface area contributed by atoms with Crippen molar-refractivity contribution in [3.05, 3.63) is 39.9 Å². The normalized spacial score (nSPS) is 12.5. The van der Waals surface area contributed by atoms with Gasteiger partial charge < -0.3 is 10.1 Å². The van der Waals surface area contributed by atoms with E-state index < -0.39 is 23.4 Å². The van der Waals surface area contributed by atoms with Crippen molar-refractivity contribution in [2.24, 2.45) is 0 Å². The Hall–Kier alpha value is -1.50. The molecule has 0 aliphatic heterocycles. The molecule has 0 heterocycles. The summed E-state index contributed by atoms with van der Waals surface area (Å²) >= 11 is 3.12. The van der Waals surface area contributed by atoms with E-state index in [1.165, 1.54) is 6.07 Å². The largest absolute Gasteiger partial charge is 0.444 e. The minimum absolute atomic E-state index is 0.365. The van der Waals surface area contributed by atoms with Gasteiger partial charge in [0, 0.05) is 11.0 Å². The number of nitrogens with one attached hydrogen (secondary N) is 1. The minimum atomic E-state index is -4.36. The second kappa shape index (κ2) is 7.86. The molecule has 0 spiro atoms. The van der Waals surface area contributed by atoms with E-state index in [1.807, 2.05) is 0 Å². The molecule has 1 aromatic rings. The maximum Gasteiger partial charge on any atom is 0.416 e. The molecule has 0 saturated heterocycles. The van der Waals surface area contributed by atoms with Gasteiger partial charge in [0.05, 0.1) is 5.56 Å². The van der Waals surface area contributed by atoms with E-state index in [9.17, 15) is 18.0 Å². The number of ether oxygens (including phenoxy) is 1. The molecule has 0 aromatic heterocycles. The van der Waals surface area contributed by atoms with Gasteiger partial charge in [-0.3, -0.25) is 0 Å². The van der Waals surface area contributed by atoms with Crippen LogP contribution in [0.4, 0.5) is 18.0 Å². The number of hydrogen-bond donors (Lipinski definition) is 1. The maximum atomic E-state index is 12.6. The Balaban J connectivity index is 2.48. The Morgan fingerprint density at radius 2 is 1.96 bits per heavy atom. The molecular weight excluding hydrogens is 375 g/mol. The van der Waals surface area contributed by atoms with Crippen molar-refractivity contribution in [3.63, 3.8) is 0 Å². The first-order valence-electron chi connectivity index (χ1n) is 6.99. The van der Waals surface area contributed by atoms with Crippen molar-refractivity contribution in [1.82, 2.24) is 5.32 Å². The van der Waals surface area contributed by atoms with Crippen molar-refractivity contribution in [1.29, 1.82) is 0 Å². The van der Waals surface area contributed by atoms with Gasteiger partial charge in [-0.15, -0.1) is 0 Å². The Bertz CT molecular complexity index is 578. The lowest BCUT2D eigenvalue weighted by molar-refractivity contribution is -0.137. The summed E-state index contributed by atoms with van der Waals surface area (Å²) in [6.45, 7) is 5.70. The molecule has 0 radical (unpaired) electrons. The van der Waals surface area contributed by atoms with Gasteiger partial charge in [0.25, 0.3) is 0 Å². The second-order valence-corrected chi connectivity index (χ2v) is 6.71. The highest BCUT2D eigenvalue weighted by atomic mass is 79.9. The first kappa shape index (κ1) is 19.5. The highest BCUT2D eigenvalue weighted by Crippen LogP contribution is 2.32. The van der Waals surface area contributed by atoms with E-state index in [2.05, 4.69) is 21.2 Å². The molecule has 1 amide bonds. The Kier molecular flexibility index (Phi) is 6.68. The summed E-state index contributed by atoms with van der Waals surface area (Å²) in [6, 6.07) is 3.46. The number of rotatable bonds is 4. The Morgan fingerprint density at radius 3 is 2.48 bits per heavy atom. The molecule has 0 unspecified atom stereocenters. The zero-order chi connectivity index (χ0) is 17.7. The monoisotopic (exact) mass is 393 g/mol. The van der Waals surface area contributed by atoms with Crippen molar-refractivity contribution < 1.29 is 22.7 Å². The first-order valence-corrected chi connectivity index (χ1v) is 7.78. The number of halogens is 4. The predicted octanol–water partition coefficient (Wildman–Crippen LogP) is 5.40. The lowest BCUT2D eigenvalue weighted by atomic mass is 10.1. The summed E-state index contributed by atoms with van der Waals surface area (Å²) in [5.74, 6) is 0. The van der Waals surface area contributed by atoms with Gasteiger partial charge in [-0.05, 0) is 44.9 Å². The molecule has 1 aromatic carbocycles. The van der Waals surface area contributed by atoms with E-state index in [0.29, 0.717) is 23.0 Å². The van der Waals surface area contributed by atoms with E-state index in [4.69, 9.17) is 4.74 Å². The number of carbonyl (C=O) groups excluding carboxylic acids is 1. The molecule has 0 bridgehead atoms. The van der Waals surface area contributed by atoms with Gasteiger partial charge in [0.15, 0.2) is 0 Å². The van der Waals surface area contributed by atoms with Gasteiger partial charge in [0.2, 0.25) is 0 Å². The molecule has 0 saturated carbocycles. The lowest BCUT2D eigenvalue weighted by Crippen LogP contribution is -2.32. The van der Waals surface area contributed by atoms with Gasteiger partial charge >= 0.3 is 12.3 Å². The lowest BCUT2D eigenvalue weighted by Gasteiger charge is -2.19. The number of benzene rings is 1. The molecule has 23 heavy (non-hydrogen) atoms. The second-order valence-electron chi connectivity index (χ2n) is 5.85. The van der Waals surface area contributed by atoms with Crippen LogP contribution in [0.25, 0.3) is 6.08 Å². The topological polar surface area (TPSA) is 38.3 Å². The number of carbonyl (C=O) groups is 1. The van der Waals surface area contributed by atoms with E-state index in [-0.39, 0.29) is 0 Å². The summed E-state index contributed by atoms with van der Waals surface area (Å²) in [5, 5.41) is 2.60. The number of alkyl carbamates (subject to hydrolysis) is 1. The third-order valence-electron chi connectivity index (χ3n) is 2.60. The van der Waals surface area contributed by atoms with E-state index >= 15 is 0 Å². The number of alkyl halides is 3. The third kappa shape index (κ3) is 7.54. The first-order chi connectivity index (χ1) is 10.5. The van der Waals surface area contributed by atoms with Crippen LogP contribution in [0.5, 0.6) is 0 Å². The Morgan fingerprint density at radius 1 is 1.30 bits per heavy atom. The molecule has 1 rings (SSSR count). The molecule has 0 aliphatic carbocycles. The Labute approximate surface area is 142 Å². The predicted molar refractivity (Wildman–Crippen MR) is 87.0 cm³/mol. The maximum absolute atomic E-state index is 12.6. The van der Waals surface area contributed by atoms with Crippen LogP contribution < -0.4 is 5.32 Å². The average Bonchev–Trinajstić information content (AvgIpc) is 2.36. The molecule has 1 N–H and O–H groups in total. The van der Waals surface area contributed by atoms with Crippen LogP contribution in [0.15, 0.2) is 28.7 Å². The van der Waals surface area contributed by atoms with Crippen LogP contribution in [0.1, 0.15) is 38.3 Å². The van der Waals surface area contributed by atoms with Gasteiger partial charge in [0.1, 0.15) is 5.60 Å². The van der Waals surface area contributed by atoms with Gasteiger partial charge in [-0.1, -0.05) is 34.1 Å². The quantitative estimate of drug-likeness (QED) is 0.695. The number of hydrogen-bond acceptors (Lipinski definition) is 2. The van der Waals surface area contributed by atoms with Gasteiger partial charge in [-0.2, -0.15) is 13.2 Å². The fourth-order valence-electron chi connectivity index (χ4n) is 1.62. The molecule has 3 nitrogen and oxygen atoms in total. The van der Waals surface area contributed by atoms with Gasteiger partial charge in [-0.25, -0.2) is 4.79 Å². The SMILES string of the molecule is CC(C)(C)OC(=O)NCCC=Cc1ccc(C(F)(F)F)cc1Br. The summed E-state index contributed by atoms with van der Waals surface area (Å²) in [7, 11) is 0. The zero-order valence-corrected chi connectivity index (χ0v) is 14.7. The summed E-state index contributed by atoms with van der Waals surface area (Å²) in [4.78, 5) is 11.4. The zero-order valence-electron chi connectivity index (χ0n) is 13.1.